The van der Waals surface area contributed by atoms with E-state index in [9.17, 15) is 8.78 Å². The number of ether oxygens (including phenoxy) is 2. The molecule has 0 bridgehead atoms. The molecule has 2 nitrogen and oxygen atoms in total. The van der Waals surface area contributed by atoms with Crippen molar-refractivity contribution in [2.24, 2.45) is 0 Å². The second-order valence-corrected chi connectivity index (χ2v) is 4.44. The van der Waals surface area contributed by atoms with E-state index in [0.29, 0.717) is 0 Å². The third-order valence-electron chi connectivity index (χ3n) is 2.43. The van der Waals surface area contributed by atoms with Gasteiger partial charge in [0.05, 0.1) is 6.42 Å². The van der Waals surface area contributed by atoms with Crippen molar-refractivity contribution in [1.29, 1.82) is 0 Å². The molecule has 0 radical (unpaired) electrons. The van der Waals surface area contributed by atoms with Crippen LogP contribution < -0.4 is 0 Å². The van der Waals surface area contributed by atoms with E-state index in [4.69, 9.17) is 32.7 Å². The van der Waals surface area contributed by atoms with Gasteiger partial charge in [0.15, 0.2) is 12.4 Å². The van der Waals surface area contributed by atoms with Gasteiger partial charge in [-0.2, -0.15) is 0 Å². The molecule has 6 heteroatoms. The average molecular weight is 231 g/mol. The van der Waals surface area contributed by atoms with Crippen molar-refractivity contribution in [3.05, 3.63) is 12.3 Å². The molecule has 2 fully saturated rings. The Labute approximate surface area is 83.4 Å². The summed E-state index contributed by atoms with van der Waals surface area (Å²) in [6, 6.07) is 0. The number of hydrogen-bond acceptors (Lipinski definition) is 2. The highest BCUT2D eigenvalue weighted by atomic mass is 35.5. The largest absolute Gasteiger partial charge is 0.469 e. The fourth-order valence-corrected chi connectivity index (χ4v) is 2.12. The SMILES string of the molecule is C=C1OCOC12CC(F)(F)C2(Cl)Cl. The molecule has 1 heterocycles. The van der Waals surface area contributed by atoms with Gasteiger partial charge in [0.25, 0.3) is 5.92 Å². The highest BCUT2D eigenvalue weighted by molar-refractivity contribution is 6.51. The molecule has 1 saturated carbocycles. The first-order chi connectivity index (χ1) is 5.83. The van der Waals surface area contributed by atoms with Crippen molar-refractivity contribution >= 4 is 23.2 Å². The monoisotopic (exact) mass is 230 g/mol. The van der Waals surface area contributed by atoms with E-state index in [-0.39, 0.29) is 12.6 Å². The number of hydrogen-bond donors (Lipinski definition) is 0. The van der Waals surface area contributed by atoms with Crippen LogP contribution in [-0.4, -0.2) is 22.6 Å². The minimum absolute atomic E-state index is 0.0726. The minimum Gasteiger partial charge on any atom is -0.469 e. The van der Waals surface area contributed by atoms with Crippen LogP contribution in [-0.2, 0) is 9.47 Å². The van der Waals surface area contributed by atoms with Crippen LogP contribution in [0.3, 0.4) is 0 Å². The molecule has 13 heavy (non-hydrogen) atoms. The standard InChI is InChI=1S/C7H6Cl2F2O2/c1-4-5(13-3-12-4)2-6(10,11)7(5,8)9/h1-3H2. The molecule has 1 unspecified atom stereocenters. The van der Waals surface area contributed by atoms with Crippen molar-refractivity contribution in [1.82, 2.24) is 0 Å². The van der Waals surface area contributed by atoms with Crippen LogP contribution in [0, 0.1) is 0 Å². The van der Waals surface area contributed by atoms with Crippen molar-refractivity contribution in [2.75, 3.05) is 6.79 Å². The molecule has 1 atom stereocenters. The quantitative estimate of drug-likeness (QED) is 0.596. The van der Waals surface area contributed by atoms with E-state index < -0.39 is 22.3 Å². The Morgan fingerprint density at radius 3 is 2.31 bits per heavy atom. The van der Waals surface area contributed by atoms with E-state index in [1.54, 1.807) is 0 Å². The molecular formula is C7H6Cl2F2O2. The summed E-state index contributed by atoms with van der Waals surface area (Å²) in [5.41, 5.74) is -1.43. The maximum atomic E-state index is 12.9. The normalized spacial score (nSPS) is 40.2. The van der Waals surface area contributed by atoms with E-state index in [1.165, 1.54) is 0 Å². The third kappa shape index (κ3) is 0.865. The molecule has 2 aliphatic rings. The molecule has 0 aromatic rings. The summed E-state index contributed by atoms with van der Waals surface area (Å²) in [6.45, 7) is 3.31. The van der Waals surface area contributed by atoms with Crippen LogP contribution in [0.2, 0.25) is 0 Å². The van der Waals surface area contributed by atoms with Gasteiger partial charge in [-0.25, -0.2) is 8.78 Å². The van der Waals surface area contributed by atoms with Crippen LogP contribution in [0.5, 0.6) is 0 Å². The Morgan fingerprint density at radius 2 is 2.00 bits per heavy atom. The zero-order valence-electron chi connectivity index (χ0n) is 6.45. The molecule has 1 aliphatic heterocycles. The van der Waals surface area contributed by atoms with Crippen molar-refractivity contribution < 1.29 is 18.3 Å². The molecule has 0 amide bonds. The second-order valence-electron chi connectivity index (χ2n) is 3.11. The van der Waals surface area contributed by atoms with E-state index in [0.717, 1.165) is 0 Å². The minimum atomic E-state index is -3.16. The van der Waals surface area contributed by atoms with Gasteiger partial charge in [-0.05, 0) is 0 Å². The zero-order chi connectivity index (χ0) is 9.91. The first-order valence-corrected chi connectivity index (χ1v) is 4.31. The van der Waals surface area contributed by atoms with E-state index in [2.05, 4.69) is 6.58 Å². The molecule has 1 spiro atoms. The number of rotatable bonds is 0. The second kappa shape index (κ2) is 2.30. The average Bonchev–Trinajstić information content (AvgIpc) is 2.34. The molecule has 1 saturated heterocycles. The molecule has 0 aromatic carbocycles. The van der Waals surface area contributed by atoms with Crippen LogP contribution in [0.4, 0.5) is 8.78 Å². The predicted octanol–water partition coefficient (Wildman–Crippen LogP) is 2.46. The Bertz CT molecular complexity index is 280. The molecular weight excluding hydrogens is 225 g/mol. The predicted molar refractivity (Wildman–Crippen MR) is 42.9 cm³/mol. The van der Waals surface area contributed by atoms with E-state index >= 15 is 0 Å². The van der Waals surface area contributed by atoms with Crippen LogP contribution in [0.1, 0.15) is 6.42 Å². The lowest BCUT2D eigenvalue weighted by atomic mass is 9.74. The van der Waals surface area contributed by atoms with Gasteiger partial charge in [-0.15, -0.1) is 0 Å². The van der Waals surface area contributed by atoms with E-state index in [1.807, 2.05) is 0 Å². The summed E-state index contributed by atoms with van der Waals surface area (Å²) < 4.78 is 33.4. The topological polar surface area (TPSA) is 18.5 Å². The molecule has 1 aliphatic carbocycles. The maximum absolute atomic E-state index is 12.9. The third-order valence-corrected chi connectivity index (χ3v) is 3.59. The van der Waals surface area contributed by atoms with Crippen molar-refractivity contribution in [3.63, 3.8) is 0 Å². The summed E-state index contributed by atoms with van der Waals surface area (Å²) in [4.78, 5) is 0. The van der Waals surface area contributed by atoms with Gasteiger partial charge in [0, 0.05) is 0 Å². The molecule has 2 rings (SSSR count). The molecule has 0 N–H and O–H groups in total. The first kappa shape index (κ1) is 9.49. The van der Waals surface area contributed by atoms with Gasteiger partial charge >= 0.3 is 0 Å². The first-order valence-electron chi connectivity index (χ1n) is 3.55. The Hall–Kier alpha value is -0.0600. The zero-order valence-corrected chi connectivity index (χ0v) is 7.96. The summed E-state index contributed by atoms with van der Waals surface area (Å²) in [5, 5.41) is 0. The summed E-state index contributed by atoms with van der Waals surface area (Å²) in [7, 11) is 0. The molecule has 74 valence electrons. The summed E-state index contributed by atoms with van der Waals surface area (Å²) >= 11 is 11.0. The Morgan fingerprint density at radius 1 is 1.38 bits per heavy atom. The Kier molecular flexibility index (Phi) is 1.68. The lowest BCUT2D eigenvalue weighted by Crippen LogP contribution is -2.70. The van der Waals surface area contributed by atoms with Crippen molar-refractivity contribution in [2.45, 2.75) is 22.3 Å². The molecule has 0 aromatic heterocycles. The van der Waals surface area contributed by atoms with Gasteiger partial charge in [-0.1, -0.05) is 29.8 Å². The lowest BCUT2D eigenvalue weighted by molar-refractivity contribution is -0.206. The van der Waals surface area contributed by atoms with Gasteiger partial charge < -0.3 is 9.47 Å². The fraction of sp³-hybridized carbons (Fsp3) is 0.714. The lowest BCUT2D eigenvalue weighted by Gasteiger charge is -2.52. The smallest absolute Gasteiger partial charge is 0.287 e. The Balaban J connectivity index is 2.35. The van der Waals surface area contributed by atoms with Gasteiger partial charge in [0.1, 0.15) is 5.76 Å². The highest BCUT2D eigenvalue weighted by Gasteiger charge is 2.80. The number of halogens is 4. The van der Waals surface area contributed by atoms with Crippen LogP contribution in [0.25, 0.3) is 0 Å². The highest BCUT2D eigenvalue weighted by Crippen LogP contribution is 2.66. The van der Waals surface area contributed by atoms with Crippen LogP contribution in [0.15, 0.2) is 12.3 Å². The summed E-state index contributed by atoms with van der Waals surface area (Å²) in [5.74, 6) is -3.09. The van der Waals surface area contributed by atoms with Gasteiger partial charge in [-0.3, -0.25) is 0 Å². The summed E-state index contributed by atoms with van der Waals surface area (Å²) in [6.07, 6.45) is -0.578. The fourth-order valence-electron chi connectivity index (χ4n) is 1.54. The van der Waals surface area contributed by atoms with Crippen LogP contribution >= 0.6 is 23.2 Å². The van der Waals surface area contributed by atoms with Crippen molar-refractivity contribution in [3.8, 4) is 0 Å². The number of alkyl halides is 4. The van der Waals surface area contributed by atoms with Gasteiger partial charge in [0.2, 0.25) is 4.33 Å². The maximum Gasteiger partial charge on any atom is 0.287 e.